The highest BCUT2D eigenvalue weighted by Crippen LogP contribution is 2.45. The summed E-state index contributed by atoms with van der Waals surface area (Å²) >= 11 is 0. The lowest BCUT2D eigenvalue weighted by Gasteiger charge is -2.21. The fourth-order valence-electron chi connectivity index (χ4n) is 11.3. The van der Waals surface area contributed by atoms with Crippen LogP contribution in [0.5, 0.6) is 0 Å². The summed E-state index contributed by atoms with van der Waals surface area (Å²) in [5.74, 6) is 0.895. The van der Waals surface area contributed by atoms with E-state index in [0.29, 0.717) is 31.6 Å². The number of unbranched alkanes of at least 4 members (excludes halogenated alkanes) is 37. The average Bonchev–Trinajstić information content (AvgIpc) is 1.30. The second-order valence-corrected chi connectivity index (χ2v) is 31.6. The molecule has 558 valence electrons. The maximum absolute atomic E-state index is 13.1. The van der Waals surface area contributed by atoms with Crippen molar-refractivity contribution in [3.8, 4) is 0 Å². The number of esters is 4. The van der Waals surface area contributed by atoms with Crippen LogP contribution >= 0.6 is 15.6 Å². The first-order valence-electron chi connectivity index (χ1n) is 38.7. The van der Waals surface area contributed by atoms with Crippen molar-refractivity contribution >= 4 is 39.5 Å². The summed E-state index contributed by atoms with van der Waals surface area (Å²) in [6, 6.07) is 0. The summed E-state index contributed by atoms with van der Waals surface area (Å²) in [5, 5.41) is 10.6. The van der Waals surface area contributed by atoms with Crippen LogP contribution in [0.15, 0.2) is 0 Å². The first-order valence-corrected chi connectivity index (χ1v) is 41.7. The van der Waals surface area contributed by atoms with Crippen LogP contribution in [0.25, 0.3) is 0 Å². The zero-order chi connectivity index (χ0) is 69.6. The summed E-state index contributed by atoms with van der Waals surface area (Å²) in [7, 11) is -9.91. The number of carbonyl (C=O) groups is 4. The van der Waals surface area contributed by atoms with E-state index >= 15 is 0 Å². The van der Waals surface area contributed by atoms with Gasteiger partial charge in [0.15, 0.2) is 12.2 Å². The Balaban J connectivity index is 5.18. The summed E-state index contributed by atoms with van der Waals surface area (Å²) in [4.78, 5) is 72.7. The van der Waals surface area contributed by atoms with Crippen LogP contribution in [0.1, 0.15) is 376 Å². The lowest BCUT2D eigenvalue weighted by Crippen LogP contribution is -2.30. The molecule has 0 aromatic carbocycles. The number of carbonyl (C=O) groups excluding carboxylic acids is 4. The van der Waals surface area contributed by atoms with Gasteiger partial charge in [0.05, 0.1) is 26.4 Å². The minimum absolute atomic E-state index is 0.104. The molecule has 0 heterocycles. The van der Waals surface area contributed by atoms with Crippen molar-refractivity contribution in [1.29, 1.82) is 0 Å². The molecule has 17 nitrogen and oxygen atoms in total. The second-order valence-electron chi connectivity index (χ2n) is 28.7. The molecule has 6 atom stereocenters. The molecule has 0 bridgehead atoms. The molecule has 94 heavy (non-hydrogen) atoms. The van der Waals surface area contributed by atoms with Gasteiger partial charge in [0.2, 0.25) is 0 Å². The highest BCUT2D eigenvalue weighted by atomic mass is 31.2. The maximum Gasteiger partial charge on any atom is 0.472 e. The molecule has 0 fully saturated rings. The van der Waals surface area contributed by atoms with Crippen molar-refractivity contribution in [3.63, 3.8) is 0 Å². The molecule has 0 aliphatic carbocycles. The Bertz CT molecular complexity index is 1850. The second kappa shape index (κ2) is 64.4. The molecule has 0 saturated carbocycles. The molecule has 19 heteroatoms. The molecule has 0 rings (SSSR count). The summed E-state index contributed by atoms with van der Waals surface area (Å²) in [6.07, 6.45) is 48.8. The molecule has 0 saturated heterocycles. The van der Waals surface area contributed by atoms with E-state index in [1.807, 2.05) is 0 Å². The smallest absolute Gasteiger partial charge is 0.462 e. The topological polar surface area (TPSA) is 237 Å². The van der Waals surface area contributed by atoms with Gasteiger partial charge in [-0.1, -0.05) is 325 Å². The van der Waals surface area contributed by atoms with Crippen LogP contribution in [0, 0.1) is 23.7 Å². The van der Waals surface area contributed by atoms with Crippen LogP contribution in [-0.2, 0) is 65.4 Å². The molecule has 0 aromatic heterocycles. The van der Waals surface area contributed by atoms with E-state index < -0.39 is 97.5 Å². The molecule has 0 spiro atoms. The molecule has 3 N–H and O–H groups in total. The predicted molar refractivity (Wildman–Crippen MR) is 381 cm³/mol. The van der Waals surface area contributed by atoms with Crippen molar-refractivity contribution in [2.24, 2.45) is 23.7 Å². The number of hydrogen-bond donors (Lipinski definition) is 3. The Morgan fingerprint density at radius 2 is 0.511 bits per heavy atom. The largest absolute Gasteiger partial charge is 0.472 e. The quantitative estimate of drug-likeness (QED) is 0.0222. The van der Waals surface area contributed by atoms with Gasteiger partial charge in [0.1, 0.15) is 19.3 Å². The highest BCUT2D eigenvalue weighted by molar-refractivity contribution is 7.47. The van der Waals surface area contributed by atoms with E-state index in [4.69, 9.17) is 37.0 Å². The van der Waals surface area contributed by atoms with E-state index in [2.05, 4.69) is 55.4 Å². The third-order valence-corrected chi connectivity index (χ3v) is 19.6. The minimum atomic E-state index is -4.96. The Kier molecular flexibility index (Phi) is 63.1. The van der Waals surface area contributed by atoms with Crippen molar-refractivity contribution in [1.82, 2.24) is 0 Å². The SMILES string of the molecule is CCC(C)CCCCCCCCCCC(=O)OC[C@H](COP(=O)(O)OCC(O)COP(=O)(O)OC[C@@H](COC(=O)CCCCCCCCCC(C)C)OC(=O)CCCCCCCCCCCCCCCCCCCCC(C)C)OC(=O)CCCCCCCCCCC(C)C. The van der Waals surface area contributed by atoms with Crippen molar-refractivity contribution in [2.75, 3.05) is 39.6 Å². The van der Waals surface area contributed by atoms with E-state index in [1.54, 1.807) is 0 Å². The number of aliphatic hydroxyl groups excluding tert-OH is 1. The van der Waals surface area contributed by atoms with Gasteiger partial charge in [-0.05, 0) is 49.4 Å². The van der Waals surface area contributed by atoms with E-state index in [1.165, 1.54) is 173 Å². The van der Waals surface area contributed by atoms with Crippen LogP contribution < -0.4 is 0 Å². The first-order chi connectivity index (χ1) is 45.1. The number of phosphoric ester groups is 2. The van der Waals surface area contributed by atoms with Gasteiger partial charge in [-0.15, -0.1) is 0 Å². The van der Waals surface area contributed by atoms with Crippen LogP contribution in [0.3, 0.4) is 0 Å². The Hall–Kier alpha value is -1.94. The van der Waals surface area contributed by atoms with Crippen molar-refractivity contribution in [3.05, 3.63) is 0 Å². The molecule has 0 aliphatic heterocycles. The molecular weight excluding hydrogens is 1230 g/mol. The van der Waals surface area contributed by atoms with Gasteiger partial charge in [-0.2, -0.15) is 0 Å². The van der Waals surface area contributed by atoms with Gasteiger partial charge < -0.3 is 33.8 Å². The van der Waals surface area contributed by atoms with Crippen LogP contribution in [-0.4, -0.2) is 96.7 Å². The number of hydrogen-bond acceptors (Lipinski definition) is 15. The maximum atomic E-state index is 13.1. The fraction of sp³-hybridized carbons (Fsp3) is 0.947. The number of ether oxygens (including phenoxy) is 4. The molecule has 0 aliphatic rings. The van der Waals surface area contributed by atoms with Gasteiger partial charge in [-0.3, -0.25) is 37.3 Å². The molecule has 0 radical (unpaired) electrons. The standard InChI is InChI=1S/C75H146O17P2/c1-9-68(8)54-46-38-30-23-25-31-39-47-55-72(77)85-61-70(92-75(80)58-50-42-33-24-22-28-36-44-52-66(4)5)63-89-93(81,82)87-59-69(76)60-88-94(83,84)90-64-71(62-86-73(78)56-48-40-34-26-29-37-45-53-67(6)7)91-74(79)57-49-41-32-21-19-17-15-13-11-10-12-14-16-18-20-27-35-43-51-65(2)3/h65-71,76H,9-64H2,1-8H3,(H,81,82)(H,83,84)/t68?,69?,70-,71-/m1/s1. The van der Waals surface area contributed by atoms with Crippen molar-refractivity contribution < 1.29 is 80.2 Å². The van der Waals surface area contributed by atoms with E-state index in [0.717, 1.165) is 114 Å². The summed E-state index contributed by atoms with van der Waals surface area (Å²) in [5.41, 5.74) is 0. The summed E-state index contributed by atoms with van der Waals surface area (Å²) < 4.78 is 68.4. The molecule has 0 aromatic rings. The van der Waals surface area contributed by atoms with Gasteiger partial charge in [-0.25, -0.2) is 9.13 Å². The highest BCUT2D eigenvalue weighted by Gasteiger charge is 2.30. The lowest BCUT2D eigenvalue weighted by molar-refractivity contribution is -0.161. The van der Waals surface area contributed by atoms with Crippen LogP contribution in [0.2, 0.25) is 0 Å². The van der Waals surface area contributed by atoms with E-state index in [-0.39, 0.29) is 25.7 Å². The first kappa shape index (κ1) is 92.1. The predicted octanol–water partition coefficient (Wildman–Crippen LogP) is 21.7. The fourth-order valence-corrected chi connectivity index (χ4v) is 12.9. The molecular formula is C75H146O17P2. The monoisotopic (exact) mass is 1380 g/mol. The lowest BCUT2D eigenvalue weighted by atomic mass is 9.99. The number of aliphatic hydroxyl groups is 1. The third kappa shape index (κ3) is 67.3. The minimum Gasteiger partial charge on any atom is -0.462 e. The Morgan fingerprint density at radius 1 is 0.298 bits per heavy atom. The average molecular weight is 1380 g/mol. The summed E-state index contributed by atoms with van der Waals surface area (Å²) in [6.45, 7) is 14.1. The zero-order valence-electron chi connectivity index (χ0n) is 61.6. The zero-order valence-corrected chi connectivity index (χ0v) is 63.4. The van der Waals surface area contributed by atoms with Gasteiger partial charge in [0.25, 0.3) is 0 Å². The number of rotatable bonds is 72. The third-order valence-electron chi connectivity index (χ3n) is 17.7. The number of phosphoric acid groups is 2. The van der Waals surface area contributed by atoms with Gasteiger partial charge >= 0.3 is 39.5 Å². The van der Waals surface area contributed by atoms with Crippen LogP contribution in [0.4, 0.5) is 0 Å². The van der Waals surface area contributed by atoms with E-state index in [9.17, 15) is 43.2 Å². The normalized spacial score (nSPS) is 14.4. The van der Waals surface area contributed by atoms with Gasteiger partial charge in [0, 0.05) is 25.7 Å². The molecule has 0 amide bonds. The molecule has 4 unspecified atom stereocenters. The Labute approximate surface area is 575 Å². The Morgan fingerprint density at radius 3 is 0.755 bits per heavy atom. The van der Waals surface area contributed by atoms with Crippen molar-refractivity contribution in [2.45, 2.75) is 395 Å².